The van der Waals surface area contributed by atoms with Gasteiger partial charge in [-0.2, -0.15) is 0 Å². The molecule has 9 nitrogen and oxygen atoms in total. The van der Waals surface area contributed by atoms with Crippen LogP contribution in [0.3, 0.4) is 0 Å². The maximum atomic E-state index is 13.0. The molecule has 0 aromatic heterocycles. The lowest BCUT2D eigenvalue weighted by Gasteiger charge is -2.44. The summed E-state index contributed by atoms with van der Waals surface area (Å²) in [6.07, 6.45) is 4.57. The van der Waals surface area contributed by atoms with Gasteiger partial charge in [-0.05, 0) is 23.8 Å². The predicted octanol–water partition coefficient (Wildman–Crippen LogP) is 3.77. The first-order valence-electron chi connectivity index (χ1n) is 11.6. The van der Waals surface area contributed by atoms with Crippen LogP contribution >= 0.6 is 0 Å². The van der Waals surface area contributed by atoms with Crippen LogP contribution in [0, 0.1) is 0 Å². The van der Waals surface area contributed by atoms with Gasteiger partial charge in [0.2, 0.25) is 11.7 Å². The Kier molecular flexibility index (Phi) is 7.28. The Balaban J connectivity index is 1.46. The SMILES string of the molecule is COc1cc(OC)c2c(c1)OC1(CCN(C(=O)/C=C/c3cc(OC)c(OC)c(OC)c3)CC1)CC2=O. The fraction of sp³-hybridized carbons (Fsp3) is 0.407. The highest BCUT2D eigenvalue weighted by molar-refractivity contribution is 6.03. The van der Waals surface area contributed by atoms with Gasteiger partial charge in [0.25, 0.3) is 0 Å². The number of likely N-dealkylation sites (tertiary alicyclic amines) is 1. The van der Waals surface area contributed by atoms with Crippen molar-refractivity contribution in [2.24, 2.45) is 0 Å². The van der Waals surface area contributed by atoms with Gasteiger partial charge in [0, 0.05) is 44.1 Å². The molecule has 0 aliphatic carbocycles. The number of hydrogen-bond acceptors (Lipinski definition) is 8. The number of amides is 1. The largest absolute Gasteiger partial charge is 0.496 e. The molecule has 1 fully saturated rings. The molecule has 0 bridgehead atoms. The smallest absolute Gasteiger partial charge is 0.246 e. The van der Waals surface area contributed by atoms with E-state index < -0.39 is 5.60 Å². The first kappa shape index (κ1) is 25.2. The van der Waals surface area contributed by atoms with Crippen molar-refractivity contribution in [3.63, 3.8) is 0 Å². The zero-order valence-electron chi connectivity index (χ0n) is 21.2. The average Bonchev–Trinajstić information content (AvgIpc) is 2.90. The molecule has 2 heterocycles. The summed E-state index contributed by atoms with van der Waals surface area (Å²) in [7, 11) is 7.70. The minimum atomic E-state index is -0.654. The molecule has 192 valence electrons. The molecule has 0 N–H and O–H groups in total. The summed E-state index contributed by atoms with van der Waals surface area (Å²) in [6, 6.07) is 6.95. The number of ether oxygens (including phenoxy) is 6. The van der Waals surface area contributed by atoms with Gasteiger partial charge < -0.3 is 33.3 Å². The Bertz CT molecular complexity index is 1160. The first-order chi connectivity index (χ1) is 17.4. The van der Waals surface area contributed by atoms with Crippen LogP contribution in [0.5, 0.6) is 34.5 Å². The van der Waals surface area contributed by atoms with Crippen molar-refractivity contribution in [3.8, 4) is 34.5 Å². The Hall–Kier alpha value is -3.88. The monoisotopic (exact) mass is 497 g/mol. The van der Waals surface area contributed by atoms with E-state index in [4.69, 9.17) is 28.4 Å². The van der Waals surface area contributed by atoms with Gasteiger partial charge in [-0.25, -0.2) is 0 Å². The first-order valence-corrected chi connectivity index (χ1v) is 11.6. The number of ketones is 1. The second-order valence-electron chi connectivity index (χ2n) is 8.71. The molecule has 36 heavy (non-hydrogen) atoms. The normalized spacial score (nSPS) is 16.4. The maximum Gasteiger partial charge on any atom is 0.246 e. The van der Waals surface area contributed by atoms with E-state index in [1.165, 1.54) is 20.3 Å². The number of piperidine rings is 1. The van der Waals surface area contributed by atoms with Crippen LogP contribution < -0.4 is 28.4 Å². The highest BCUT2D eigenvalue weighted by Gasteiger charge is 2.44. The topological polar surface area (TPSA) is 92.8 Å². The third-order valence-electron chi connectivity index (χ3n) is 6.67. The minimum Gasteiger partial charge on any atom is -0.496 e. The van der Waals surface area contributed by atoms with Crippen molar-refractivity contribution in [1.29, 1.82) is 0 Å². The number of nitrogens with zero attached hydrogens (tertiary/aromatic N) is 1. The second-order valence-corrected chi connectivity index (χ2v) is 8.71. The zero-order valence-corrected chi connectivity index (χ0v) is 21.2. The van der Waals surface area contributed by atoms with Crippen molar-refractivity contribution in [1.82, 2.24) is 4.90 Å². The van der Waals surface area contributed by atoms with Gasteiger partial charge in [-0.15, -0.1) is 0 Å². The third kappa shape index (κ3) is 4.78. The van der Waals surface area contributed by atoms with Crippen LogP contribution in [-0.4, -0.2) is 70.8 Å². The summed E-state index contributed by atoms with van der Waals surface area (Å²) >= 11 is 0. The molecule has 9 heteroatoms. The van der Waals surface area contributed by atoms with E-state index in [0.717, 1.165) is 5.56 Å². The van der Waals surface area contributed by atoms with Gasteiger partial charge in [-0.3, -0.25) is 9.59 Å². The fourth-order valence-electron chi connectivity index (χ4n) is 4.73. The third-order valence-corrected chi connectivity index (χ3v) is 6.67. The van der Waals surface area contributed by atoms with Crippen LogP contribution in [0.1, 0.15) is 35.2 Å². The highest BCUT2D eigenvalue weighted by atomic mass is 16.5. The predicted molar refractivity (Wildman–Crippen MR) is 133 cm³/mol. The number of carbonyl (C=O) groups is 2. The minimum absolute atomic E-state index is 0.0298. The van der Waals surface area contributed by atoms with Crippen LogP contribution in [0.4, 0.5) is 0 Å². The summed E-state index contributed by atoms with van der Waals surface area (Å²) in [5.74, 6) is 2.82. The maximum absolute atomic E-state index is 13.0. The number of benzene rings is 2. The molecule has 1 amide bonds. The van der Waals surface area contributed by atoms with E-state index in [2.05, 4.69) is 0 Å². The van der Waals surface area contributed by atoms with E-state index in [1.54, 1.807) is 56.6 Å². The quantitative estimate of drug-likeness (QED) is 0.534. The summed E-state index contributed by atoms with van der Waals surface area (Å²) < 4.78 is 33.2. The lowest BCUT2D eigenvalue weighted by Crippen LogP contribution is -2.52. The van der Waals surface area contributed by atoms with Crippen molar-refractivity contribution < 1.29 is 38.0 Å². The number of methoxy groups -OCH3 is 5. The van der Waals surface area contributed by atoms with Crippen LogP contribution in [0.25, 0.3) is 6.08 Å². The fourth-order valence-corrected chi connectivity index (χ4v) is 4.73. The number of Topliss-reactive ketones (excluding diaryl/α,β-unsaturated/α-hetero) is 1. The van der Waals surface area contributed by atoms with Gasteiger partial charge in [0.05, 0.1) is 42.0 Å². The van der Waals surface area contributed by atoms with E-state index in [9.17, 15) is 9.59 Å². The van der Waals surface area contributed by atoms with E-state index in [-0.39, 0.29) is 18.1 Å². The molecule has 2 aromatic carbocycles. The van der Waals surface area contributed by atoms with E-state index in [1.807, 2.05) is 0 Å². The lowest BCUT2D eigenvalue weighted by atomic mass is 9.82. The van der Waals surface area contributed by atoms with Crippen LogP contribution in [0.15, 0.2) is 30.3 Å². The molecule has 0 atom stereocenters. The van der Waals surface area contributed by atoms with Gasteiger partial charge >= 0.3 is 0 Å². The van der Waals surface area contributed by atoms with Crippen molar-refractivity contribution in [2.45, 2.75) is 24.9 Å². The molecular weight excluding hydrogens is 466 g/mol. The molecule has 4 rings (SSSR count). The lowest BCUT2D eigenvalue weighted by molar-refractivity contribution is -0.129. The van der Waals surface area contributed by atoms with Gasteiger partial charge in [0.1, 0.15) is 28.4 Å². The van der Waals surface area contributed by atoms with E-state index >= 15 is 0 Å². The Morgan fingerprint density at radius 2 is 1.53 bits per heavy atom. The summed E-state index contributed by atoms with van der Waals surface area (Å²) in [5.41, 5.74) is 0.529. The molecule has 2 aliphatic heterocycles. The van der Waals surface area contributed by atoms with Crippen molar-refractivity contribution in [3.05, 3.63) is 41.5 Å². The van der Waals surface area contributed by atoms with Crippen molar-refractivity contribution >= 4 is 17.8 Å². The molecule has 1 saturated heterocycles. The molecule has 0 saturated carbocycles. The molecule has 0 unspecified atom stereocenters. The van der Waals surface area contributed by atoms with Crippen molar-refractivity contribution in [2.75, 3.05) is 48.6 Å². The van der Waals surface area contributed by atoms with Crippen LogP contribution in [0.2, 0.25) is 0 Å². The Morgan fingerprint density at radius 3 is 2.08 bits per heavy atom. The molecule has 1 spiro atoms. The molecular formula is C27H31NO8. The average molecular weight is 498 g/mol. The molecule has 2 aliphatic rings. The van der Waals surface area contributed by atoms with Crippen LogP contribution in [-0.2, 0) is 4.79 Å². The zero-order chi connectivity index (χ0) is 25.9. The second kappa shape index (κ2) is 10.4. The molecule has 2 aromatic rings. The number of carbonyl (C=O) groups excluding carboxylic acids is 2. The number of hydrogen-bond donors (Lipinski definition) is 0. The van der Waals surface area contributed by atoms with E-state index in [0.29, 0.717) is 66.0 Å². The van der Waals surface area contributed by atoms with Gasteiger partial charge in [-0.1, -0.05) is 0 Å². The summed E-state index contributed by atoms with van der Waals surface area (Å²) in [5, 5.41) is 0. The Labute approximate surface area is 210 Å². The van der Waals surface area contributed by atoms with Gasteiger partial charge in [0.15, 0.2) is 17.3 Å². The Morgan fingerprint density at radius 1 is 0.889 bits per heavy atom. The highest BCUT2D eigenvalue weighted by Crippen LogP contribution is 2.45. The standard InChI is InChI=1S/C27H31NO8/c1-31-18-14-20(32-2)25-19(29)16-27(36-21(25)15-18)8-10-28(11-9-27)24(30)7-6-17-12-22(33-3)26(35-5)23(13-17)34-4/h6-7,12-15H,8-11,16H2,1-5H3/b7-6+. The molecule has 0 radical (unpaired) electrons. The summed E-state index contributed by atoms with van der Waals surface area (Å²) in [6.45, 7) is 0.949. The number of fused-ring (bicyclic) bond motifs is 1. The summed E-state index contributed by atoms with van der Waals surface area (Å²) in [4.78, 5) is 27.7. The number of rotatable bonds is 7.